The maximum absolute atomic E-state index is 12.3. The molecule has 0 atom stereocenters. The van der Waals surface area contributed by atoms with Crippen LogP contribution in [-0.4, -0.2) is 66.5 Å². The molecular formula is C17H26N4O. The van der Waals surface area contributed by atoms with Crippen molar-refractivity contribution in [3.8, 4) is 0 Å². The second kappa shape index (κ2) is 7.20. The molecule has 0 spiro atoms. The summed E-state index contributed by atoms with van der Waals surface area (Å²) in [6.07, 6.45) is 5.04. The monoisotopic (exact) mass is 302 g/mol. The summed E-state index contributed by atoms with van der Waals surface area (Å²) in [6.45, 7) is 4.93. The molecule has 3 rings (SSSR count). The predicted molar refractivity (Wildman–Crippen MR) is 86.5 cm³/mol. The minimum Gasteiger partial charge on any atom is -0.342 e. The number of piperidine rings is 1. The van der Waals surface area contributed by atoms with Gasteiger partial charge in [-0.3, -0.25) is 9.78 Å². The van der Waals surface area contributed by atoms with Crippen molar-refractivity contribution in [2.24, 2.45) is 5.92 Å². The van der Waals surface area contributed by atoms with Gasteiger partial charge >= 0.3 is 0 Å². The van der Waals surface area contributed by atoms with Crippen molar-refractivity contribution in [1.29, 1.82) is 0 Å². The third kappa shape index (κ3) is 3.65. The van der Waals surface area contributed by atoms with E-state index in [0.29, 0.717) is 11.9 Å². The minimum absolute atomic E-state index is 0.215. The highest BCUT2D eigenvalue weighted by atomic mass is 16.2. The van der Waals surface area contributed by atoms with Gasteiger partial charge in [0.1, 0.15) is 0 Å². The lowest BCUT2D eigenvalue weighted by Gasteiger charge is -2.39. The van der Waals surface area contributed by atoms with Crippen LogP contribution in [-0.2, 0) is 11.2 Å². The first-order chi connectivity index (χ1) is 10.7. The number of hydrogen-bond acceptors (Lipinski definition) is 4. The van der Waals surface area contributed by atoms with Gasteiger partial charge in [0, 0.05) is 64.1 Å². The molecule has 0 aliphatic carbocycles. The molecule has 0 unspecified atom stereocenters. The summed E-state index contributed by atoms with van der Waals surface area (Å²) >= 11 is 0. The van der Waals surface area contributed by atoms with Crippen LogP contribution in [0.15, 0.2) is 24.4 Å². The molecule has 2 aliphatic rings. The van der Waals surface area contributed by atoms with Crippen LogP contribution in [0.5, 0.6) is 0 Å². The molecule has 0 radical (unpaired) electrons. The van der Waals surface area contributed by atoms with E-state index < -0.39 is 0 Å². The largest absolute Gasteiger partial charge is 0.342 e. The van der Waals surface area contributed by atoms with Crippen LogP contribution in [0.2, 0.25) is 0 Å². The Kier molecular flexibility index (Phi) is 5.05. The van der Waals surface area contributed by atoms with Gasteiger partial charge in [0.15, 0.2) is 0 Å². The van der Waals surface area contributed by atoms with Gasteiger partial charge in [0.2, 0.25) is 5.91 Å². The van der Waals surface area contributed by atoms with Crippen LogP contribution in [0.4, 0.5) is 0 Å². The summed E-state index contributed by atoms with van der Waals surface area (Å²) in [6, 6.07) is 6.51. The molecule has 120 valence electrons. The summed E-state index contributed by atoms with van der Waals surface area (Å²) in [5.74, 6) is 0.540. The Morgan fingerprint density at radius 1 is 1.36 bits per heavy atom. The SMILES string of the molecule is CN(C(=O)C1CNC1)C1CCN(CCc2ccccn2)CC1. The number of nitrogens with one attached hydrogen (secondary N) is 1. The molecule has 2 aliphatic heterocycles. The minimum atomic E-state index is 0.215. The summed E-state index contributed by atoms with van der Waals surface area (Å²) in [4.78, 5) is 21.2. The molecule has 0 saturated carbocycles. The van der Waals surface area contributed by atoms with Crippen LogP contribution < -0.4 is 5.32 Å². The Hall–Kier alpha value is -1.46. The summed E-state index contributed by atoms with van der Waals surface area (Å²) in [7, 11) is 1.98. The van der Waals surface area contributed by atoms with Crippen molar-refractivity contribution in [1.82, 2.24) is 20.1 Å². The van der Waals surface area contributed by atoms with Crippen LogP contribution in [0.25, 0.3) is 0 Å². The second-order valence-electron chi connectivity index (χ2n) is 6.45. The Morgan fingerprint density at radius 3 is 2.73 bits per heavy atom. The standard InChI is InChI=1S/C17H26N4O/c1-20(17(22)14-12-18-13-14)16-6-10-21(11-7-16)9-5-15-4-2-3-8-19-15/h2-4,8,14,16,18H,5-7,9-13H2,1H3. The van der Waals surface area contributed by atoms with Gasteiger partial charge in [-0.25, -0.2) is 0 Å². The van der Waals surface area contributed by atoms with Crippen molar-refractivity contribution >= 4 is 5.91 Å². The first-order valence-corrected chi connectivity index (χ1v) is 8.33. The van der Waals surface area contributed by atoms with Crippen molar-refractivity contribution in [3.05, 3.63) is 30.1 Å². The number of aromatic nitrogens is 1. The molecule has 2 saturated heterocycles. The summed E-state index contributed by atoms with van der Waals surface area (Å²) in [5, 5.41) is 3.18. The first-order valence-electron chi connectivity index (χ1n) is 8.33. The number of nitrogens with zero attached hydrogens (tertiary/aromatic N) is 3. The van der Waals surface area contributed by atoms with Crippen LogP contribution >= 0.6 is 0 Å². The number of likely N-dealkylation sites (tertiary alicyclic amines) is 1. The van der Waals surface area contributed by atoms with E-state index in [2.05, 4.69) is 21.3 Å². The fraction of sp³-hybridized carbons (Fsp3) is 0.647. The zero-order chi connectivity index (χ0) is 15.4. The van der Waals surface area contributed by atoms with Gasteiger partial charge < -0.3 is 15.1 Å². The van der Waals surface area contributed by atoms with Gasteiger partial charge in [-0.15, -0.1) is 0 Å². The number of rotatable bonds is 5. The molecule has 1 N–H and O–H groups in total. The highest BCUT2D eigenvalue weighted by Crippen LogP contribution is 2.18. The fourth-order valence-electron chi connectivity index (χ4n) is 3.28. The average molecular weight is 302 g/mol. The smallest absolute Gasteiger partial charge is 0.228 e. The first kappa shape index (κ1) is 15.4. The van der Waals surface area contributed by atoms with E-state index in [1.165, 1.54) is 0 Å². The predicted octanol–water partition coefficient (Wildman–Crippen LogP) is 0.766. The maximum atomic E-state index is 12.3. The third-order valence-electron chi connectivity index (χ3n) is 4.99. The van der Waals surface area contributed by atoms with E-state index in [4.69, 9.17) is 0 Å². The molecular weight excluding hydrogens is 276 g/mol. The van der Waals surface area contributed by atoms with E-state index in [-0.39, 0.29) is 5.92 Å². The van der Waals surface area contributed by atoms with Crippen molar-refractivity contribution in [2.45, 2.75) is 25.3 Å². The van der Waals surface area contributed by atoms with E-state index in [9.17, 15) is 4.79 Å². The Labute approximate surface area is 132 Å². The Balaban J connectivity index is 1.41. The van der Waals surface area contributed by atoms with E-state index >= 15 is 0 Å². The summed E-state index contributed by atoms with van der Waals surface area (Å²) < 4.78 is 0. The molecule has 1 aromatic rings. The van der Waals surface area contributed by atoms with Crippen LogP contribution in [0.3, 0.4) is 0 Å². The Bertz CT molecular complexity index is 481. The van der Waals surface area contributed by atoms with Gasteiger partial charge in [0.05, 0.1) is 5.92 Å². The molecule has 0 bridgehead atoms. The van der Waals surface area contributed by atoms with E-state index in [1.807, 2.05) is 30.3 Å². The molecule has 5 nitrogen and oxygen atoms in total. The molecule has 5 heteroatoms. The summed E-state index contributed by atoms with van der Waals surface area (Å²) in [5.41, 5.74) is 1.16. The second-order valence-corrected chi connectivity index (χ2v) is 6.45. The molecule has 2 fully saturated rings. The van der Waals surface area contributed by atoms with Crippen molar-refractivity contribution in [3.63, 3.8) is 0 Å². The number of pyridine rings is 1. The van der Waals surface area contributed by atoms with E-state index in [0.717, 1.165) is 57.7 Å². The highest BCUT2D eigenvalue weighted by molar-refractivity contribution is 5.80. The zero-order valence-electron chi connectivity index (χ0n) is 13.4. The molecule has 22 heavy (non-hydrogen) atoms. The van der Waals surface area contributed by atoms with Gasteiger partial charge in [0.25, 0.3) is 0 Å². The average Bonchev–Trinajstić information content (AvgIpc) is 2.52. The van der Waals surface area contributed by atoms with Crippen molar-refractivity contribution < 1.29 is 4.79 Å². The quantitative estimate of drug-likeness (QED) is 0.873. The molecule has 0 aromatic carbocycles. The normalized spacial score (nSPS) is 20.6. The van der Waals surface area contributed by atoms with Gasteiger partial charge in [-0.1, -0.05) is 6.07 Å². The lowest BCUT2D eigenvalue weighted by Crippen LogP contribution is -2.54. The molecule has 1 amide bonds. The number of carbonyl (C=O) groups excluding carboxylic acids is 1. The lowest BCUT2D eigenvalue weighted by atomic mass is 9.98. The number of amides is 1. The van der Waals surface area contributed by atoms with Crippen LogP contribution in [0.1, 0.15) is 18.5 Å². The number of carbonyl (C=O) groups is 1. The van der Waals surface area contributed by atoms with Crippen molar-refractivity contribution in [2.75, 3.05) is 39.8 Å². The molecule has 1 aromatic heterocycles. The Morgan fingerprint density at radius 2 is 2.14 bits per heavy atom. The molecule has 3 heterocycles. The van der Waals surface area contributed by atoms with E-state index in [1.54, 1.807) is 0 Å². The topological polar surface area (TPSA) is 48.5 Å². The fourth-order valence-corrected chi connectivity index (χ4v) is 3.28. The maximum Gasteiger partial charge on any atom is 0.228 e. The van der Waals surface area contributed by atoms with Gasteiger partial charge in [-0.2, -0.15) is 0 Å². The lowest BCUT2D eigenvalue weighted by molar-refractivity contribution is -0.138. The van der Waals surface area contributed by atoms with Crippen LogP contribution in [0, 0.1) is 5.92 Å². The zero-order valence-corrected chi connectivity index (χ0v) is 13.4. The highest BCUT2D eigenvalue weighted by Gasteiger charge is 2.32. The number of hydrogen-bond donors (Lipinski definition) is 1. The third-order valence-corrected chi connectivity index (χ3v) is 4.99. The van der Waals surface area contributed by atoms with Gasteiger partial charge in [-0.05, 0) is 25.0 Å².